The molecular formula is C18H17ClN4OS. The first-order valence-electron chi connectivity index (χ1n) is 8.24. The van der Waals surface area contributed by atoms with Gasteiger partial charge < -0.3 is 5.32 Å². The van der Waals surface area contributed by atoms with Crippen LogP contribution in [-0.4, -0.2) is 21.1 Å². The molecular weight excluding hydrogens is 356 g/mol. The molecule has 0 aliphatic heterocycles. The molecule has 1 saturated carbocycles. The smallest absolute Gasteiger partial charge is 0.224 e. The number of halogens is 1. The number of carbonyl (C=O) groups is 1. The van der Waals surface area contributed by atoms with Gasteiger partial charge in [-0.05, 0) is 43.5 Å². The minimum atomic E-state index is -0.0182. The van der Waals surface area contributed by atoms with Crippen molar-refractivity contribution in [2.24, 2.45) is 0 Å². The maximum atomic E-state index is 12.2. The molecule has 0 saturated heterocycles. The number of aromatic nitrogens is 3. The quantitative estimate of drug-likeness (QED) is 0.662. The van der Waals surface area contributed by atoms with Gasteiger partial charge in [-0.2, -0.15) is 5.10 Å². The van der Waals surface area contributed by atoms with Crippen LogP contribution in [0.25, 0.3) is 11.4 Å². The van der Waals surface area contributed by atoms with Crippen LogP contribution in [0, 0.1) is 0 Å². The topological polar surface area (TPSA) is 70.7 Å². The van der Waals surface area contributed by atoms with Crippen molar-refractivity contribution >= 4 is 34.5 Å². The van der Waals surface area contributed by atoms with Gasteiger partial charge in [0.25, 0.3) is 0 Å². The van der Waals surface area contributed by atoms with Gasteiger partial charge in [0.15, 0.2) is 5.82 Å². The maximum absolute atomic E-state index is 12.2. The Labute approximate surface area is 154 Å². The van der Waals surface area contributed by atoms with Crippen molar-refractivity contribution in [2.45, 2.75) is 31.6 Å². The number of nitrogens with one attached hydrogen (secondary N) is 2. The van der Waals surface area contributed by atoms with E-state index in [1.54, 1.807) is 0 Å². The summed E-state index contributed by atoms with van der Waals surface area (Å²) in [4.78, 5) is 17.8. The van der Waals surface area contributed by atoms with E-state index < -0.39 is 0 Å². The molecule has 4 rings (SSSR count). The average molecular weight is 373 g/mol. The summed E-state index contributed by atoms with van der Waals surface area (Å²) in [6.45, 7) is 0. The van der Waals surface area contributed by atoms with E-state index in [-0.39, 0.29) is 5.91 Å². The van der Waals surface area contributed by atoms with Crippen molar-refractivity contribution in [1.82, 2.24) is 15.2 Å². The molecule has 0 spiro atoms. The summed E-state index contributed by atoms with van der Waals surface area (Å²) < 4.78 is 0.750. The maximum Gasteiger partial charge on any atom is 0.224 e. The van der Waals surface area contributed by atoms with Crippen LogP contribution in [0.5, 0.6) is 0 Å². The van der Waals surface area contributed by atoms with Gasteiger partial charge in [-0.1, -0.05) is 23.7 Å². The van der Waals surface area contributed by atoms with Gasteiger partial charge in [-0.15, -0.1) is 11.3 Å². The van der Waals surface area contributed by atoms with E-state index in [2.05, 4.69) is 20.5 Å². The normalized spacial score (nSPS) is 13.8. The lowest BCUT2D eigenvalue weighted by Crippen LogP contribution is -2.12. The monoisotopic (exact) mass is 372 g/mol. The first-order chi connectivity index (χ1) is 12.2. The molecule has 0 unspecified atom stereocenters. The number of aromatic amines is 1. The highest BCUT2D eigenvalue weighted by Gasteiger charge is 2.27. The Kier molecular flexibility index (Phi) is 4.55. The van der Waals surface area contributed by atoms with Crippen LogP contribution >= 0.6 is 22.9 Å². The SMILES string of the molecule is O=C(CCc1ccc(Cl)s1)Nc1cccc(-c2n[nH]c(C3CC3)n2)c1. The first kappa shape index (κ1) is 16.3. The summed E-state index contributed by atoms with van der Waals surface area (Å²) >= 11 is 7.42. The van der Waals surface area contributed by atoms with E-state index in [0.29, 0.717) is 24.6 Å². The van der Waals surface area contributed by atoms with Gasteiger partial charge >= 0.3 is 0 Å². The standard InChI is InChI=1S/C18H17ClN4OS/c19-15-8-6-14(25-15)7-9-16(24)20-13-3-1-2-12(10-13)18-21-17(22-23-18)11-4-5-11/h1-3,6,8,10-11H,4-5,7,9H2,(H,20,24)(H,21,22,23). The van der Waals surface area contributed by atoms with Crippen molar-refractivity contribution in [3.8, 4) is 11.4 Å². The number of rotatable bonds is 6. The molecule has 3 aromatic rings. The number of hydrogen-bond acceptors (Lipinski definition) is 4. The second kappa shape index (κ2) is 6.98. The lowest BCUT2D eigenvalue weighted by Gasteiger charge is -2.06. The number of amides is 1. The van der Waals surface area contributed by atoms with Crippen LogP contribution in [0.2, 0.25) is 4.34 Å². The Balaban J connectivity index is 1.39. The zero-order chi connectivity index (χ0) is 17.2. The molecule has 1 aromatic carbocycles. The van der Waals surface area contributed by atoms with Gasteiger partial charge in [0.1, 0.15) is 5.82 Å². The first-order valence-corrected chi connectivity index (χ1v) is 9.43. The molecule has 2 aromatic heterocycles. The molecule has 0 atom stereocenters. The minimum absolute atomic E-state index is 0.0182. The number of carbonyl (C=O) groups excluding carboxylic acids is 1. The third-order valence-corrected chi connectivity index (χ3v) is 5.39. The number of H-pyrrole nitrogens is 1. The Morgan fingerprint density at radius 1 is 1.32 bits per heavy atom. The predicted molar refractivity (Wildman–Crippen MR) is 100 cm³/mol. The van der Waals surface area contributed by atoms with Gasteiger partial charge in [0.05, 0.1) is 4.34 Å². The number of benzene rings is 1. The van der Waals surface area contributed by atoms with Crippen molar-refractivity contribution < 1.29 is 4.79 Å². The van der Waals surface area contributed by atoms with Gasteiger partial charge in [0.2, 0.25) is 5.91 Å². The fourth-order valence-electron chi connectivity index (χ4n) is 2.63. The lowest BCUT2D eigenvalue weighted by molar-refractivity contribution is -0.116. The Morgan fingerprint density at radius 2 is 2.20 bits per heavy atom. The molecule has 0 bridgehead atoms. The fraction of sp³-hybridized carbons (Fsp3) is 0.278. The number of thiophene rings is 1. The van der Waals surface area contributed by atoms with Gasteiger partial charge in [0, 0.05) is 28.5 Å². The molecule has 1 fully saturated rings. The second-order valence-corrected chi connectivity index (χ2v) is 7.95. The van der Waals surface area contributed by atoms with E-state index in [9.17, 15) is 4.79 Å². The van der Waals surface area contributed by atoms with Crippen LogP contribution in [0.4, 0.5) is 5.69 Å². The lowest BCUT2D eigenvalue weighted by atomic mass is 10.2. The van der Waals surface area contributed by atoms with E-state index >= 15 is 0 Å². The summed E-state index contributed by atoms with van der Waals surface area (Å²) in [5, 5.41) is 10.2. The molecule has 2 N–H and O–H groups in total. The van der Waals surface area contributed by atoms with Crippen LogP contribution < -0.4 is 5.32 Å². The second-order valence-electron chi connectivity index (χ2n) is 6.15. The number of anilines is 1. The minimum Gasteiger partial charge on any atom is -0.326 e. The predicted octanol–water partition coefficient (Wildman–Crippen LogP) is 4.64. The van der Waals surface area contributed by atoms with Crippen LogP contribution in [-0.2, 0) is 11.2 Å². The Bertz CT molecular complexity index is 900. The van der Waals surface area contributed by atoms with E-state index in [0.717, 1.165) is 26.3 Å². The van der Waals surface area contributed by atoms with Crippen molar-refractivity contribution in [3.05, 3.63) is 51.4 Å². The Hall–Kier alpha value is -2.18. The van der Waals surface area contributed by atoms with Crippen LogP contribution in [0.1, 0.15) is 35.9 Å². The highest BCUT2D eigenvalue weighted by Crippen LogP contribution is 2.38. The van der Waals surface area contributed by atoms with E-state index in [1.165, 1.54) is 24.2 Å². The van der Waals surface area contributed by atoms with E-state index in [4.69, 9.17) is 11.6 Å². The molecule has 2 heterocycles. The van der Waals surface area contributed by atoms with Crippen molar-refractivity contribution in [3.63, 3.8) is 0 Å². The van der Waals surface area contributed by atoms with Gasteiger partial charge in [-0.3, -0.25) is 9.89 Å². The number of aryl methyl sites for hydroxylation is 1. The summed E-state index contributed by atoms with van der Waals surface area (Å²) in [5.41, 5.74) is 1.65. The molecule has 1 aliphatic rings. The summed E-state index contributed by atoms with van der Waals surface area (Å²) in [6, 6.07) is 11.4. The summed E-state index contributed by atoms with van der Waals surface area (Å²) in [5.74, 6) is 2.15. The zero-order valence-electron chi connectivity index (χ0n) is 13.5. The number of hydrogen-bond donors (Lipinski definition) is 2. The zero-order valence-corrected chi connectivity index (χ0v) is 15.0. The third kappa shape index (κ3) is 4.08. The third-order valence-electron chi connectivity index (χ3n) is 4.10. The van der Waals surface area contributed by atoms with Crippen LogP contribution in [0.15, 0.2) is 36.4 Å². The number of nitrogens with zero attached hydrogens (tertiary/aromatic N) is 2. The summed E-state index contributed by atoms with van der Waals surface area (Å²) in [6.07, 6.45) is 3.47. The highest BCUT2D eigenvalue weighted by atomic mass is 35.5. The fourth-order valence-corrected chi connectivity index (χ4v) is 3.71. The van der Waals surface area contributed by atoms with Gasteiger partial charge in [-0.25, -0.2) is 4.98 Å². The molecule has 0 radical (unpaired) electrons. The molecule has 1 amide bonds. The largest absolute Gasteiger partial charge is 0.326 e. The highest BCUT2D eigenvalue weighted by molar-refractivity contribution is 7.16. The van der Waals surface area contributed by atoms with E-state index in [1.807, 2.05) is 36.4 Å². The van der Waals surface area contributed by atoms with Crippen LogP contribution in [0.3, 0.4) is 0 Å². The van der Waals surface area contributed by atoms with Crippen molar-refractivity contribution in [1.29, 1.82) is 0 Å². The Morgan fingerprint density at radius 3 is 2.96 bits per heavy atom. The average Bonchev–Trinajstić information content (AvgIpc) is 3.18. The molecule has 25 heavy (non-hydrogen) atoms. The summed E-state index contributed by atoms with van der Waals surface area (Å²) in [7, 11) is 0. The molecule has 5 nitrogen and oxygen atoms in total. The molecule has 128 valence electrons. The van der Waals surface area contributed by atoms with Crippen molar-refractivity contribution in [2.75, 3.05) is 5.32 Å². The molecule has 7 heteroatoms. The molecule has 1 aliphatic carbocycles.